The number of carbonyl (C=O) groups excluding carboxylic acids is 1. The first-order valence-electron chi connectivity index (χ1n) is 10.3. The Kier molecular flexibility index (Phi) is 7.67. The lowest BCUT2D eigenvalue weighted by Crippen LogP contribution is -2.30. The molecule has 1 aromatic heterocycles. The van der Waals surface area contributed by atoms with Crippen LogP contribution in [0.4, 0.5) is 5.69 Å². The zero-order chi connectivity index (χ0) is 24.0. The second-order valence-corrected chi connectivity index (χ2v) is 8.89. The maximum absolute atomic E-state index is 12.8. The molecule has 2 aromatic carbocycles. The number of nitrogens with zero attached hydrogens (tertiary/aromatic N) is 3. The van der Waals surface area contributed by atoms with Gasteiger partial charge in [0.05, 0.1) is 17.7 Å². The lowest BCUT2D eigenvalue weighted by molar-refractivity contribution is -0.118. The summed E-state index contributed by atoms with van der Waals surface area (Å²) in [4.78, 5) is 16.7. The van der Waals surface area contributed by atoms with Crippen molar-refractivity contribution in [2.45, 2.75) is 25.7 Å². The smallest absolute Gasteiger partial charge is 0.262 e. The fourth-order valence-electron chi connectivity index (χ4n) is 3.11. The van der Waals surface area contributed by atoms with Gasteiger partial charge in [-0.25, -0.2) is 8.42 Å². The van der Waals surface area contributed by atoms with Crippen molar-refractivity contribution in [3.8, 4) is 22.9 Å². The Hall–Kier alpha value is -3.44. The van der Waals surface area contributed by atoms with Crippen molar-refractivity contribution in [1.82, 2.24) is 14.4 Å². The van der Waals surface area contributed by atoms with Gasteiger partial charge >= 0.3 is 0 Å². The van der Waals surface area contributed by atoms with Crippen molar-refractivity contribution in [3.63, 3.8) is 0 Å². The number of sulfonamides is 1. The predicted octanol–water partition coefficient (Wildman–Crippen LogP) is 3.10. The van der Waals surface area contributed by atoms with Crippen molar-refractivity contribution in [3.05, 3.63) is 48.4 Å². The summed E-state index contributed by atoms with van der Waals surface area (Å²) in [5, 5.41) is 6.51. The van der Waals surface area contributed by atoms with Gasteiger partial charge in [-0.2, -0.15) is 9.29 Å². The normalized spacial score (nSPS) is 11.4. The molecule has 0 bridgehead atoms. The molecular weight excluding hydrogens is 448 g/mol. The third kappa shape index (κ3) is 5.68. The predicted molar refractivity (Wildman–Crippen MR) is 122 cm³/mol. The van der Waals surface area contributed by atoms with E-state index in [9.17, 15) is 13.2 Å². The van der Waals surface area contributed by atoms with Gasteiger partial charge in [-0.1, -0.05) is 19.0 Å². The highest BCUT2D eigenvalue weighted by molar-refractivity contribution is 7.89. The number of amides is 1. The molecule has 0 fully saturated rings. The monoisotopic (exact) mass is 474 g/mol. The summed E-state index contributed by atoms with van der Waals surface area (Å²) in [6.07, 6.45) is 0. The molecule has 3 aromatic rings. The quantitative estimate of drug-likeness (QED) is 0.475. The SMILES string of the molecule is CCN(CC)S(=O)(=O)c1ccc(OC)c(NC(=O)COc2ccc(-c3noc(C)n3)cc2)c1. The van der Waals surface area contributed by atoms with Crippen LogP contribution in [0.2, 0.25) is 0 Å². The highest BCUT2D eigenvalue weighted by Crippen LogP contribution is 2.29. The van der Waals surface area contributed by atoms with Gasteiger partial charge in [0.15, 0.2) is 6.61 Å². The van der Waals surface area contributed by atoms with Crippen LogP contribution >= 0.6 is 0 Å². The van der Waals surface area contributed by atoms with Crippen molar-refractivity contribution in [1.29, 1.82) is 0 Å². The summed E-state index contributed by atoms with van der Waals surface area (Å²) in [6.45, 7) is 5.63. The van der Waals surface area contributed by atoms with E-state index in [1.54, 1.807) is 45.0 Å². The van der Waals surface area contributed by atoms with Crippen LogP contribution in [-0.4, -0.2) is 55.6 Å². The van der Waals surface area contributed by atoms with E-state index in [0.29, 0.717) is 36.3 Å². The van der Waals surface area contributed by atoms with Crippen LogP contribution < -0.4 is 14.8 Å². The second kappa shape index (κ2) is 10.5. The number of methoxy groups -OCH3 is 1. The molecule has 0 aliphatic heterocycles. The number of rotatable bonds is 10. The molecule has 176 valence electrons. The number of benzene rings is 2. The number of anilines is 1. The van der Waals surface area contributed by atoms with E-state index in [0.717, 1.165) is 5.56 Å². The van der Waals surface area contributed by atoms with Crippen LogP contribution in [0.25, 0.3) is 11.4 Å². The van der Waals surface area contributed by atoms with Gasteiger partial charge in [0.25, 0.3) is 5.91 Å². The van der Waals surface area contributed by atoms with Gasteiger partial charge in [0.2, 0.25) is 21.7 Å². The first kappa shape index (κ1) is 24.2. The Bertz CT molecular complexity index is 1200. The molecule has 1 amide bonds. The van der Waals surface area contributed by atoms with Crippen LogP contribution in [0.15, 0.2) is 51.9 Å². The Morgan fingerprint density at radius 1 is 1.12 bits per heavy atom. The number of hydrogen-bond donors (Lipinski definition) is 1. The zero-order valence-corrected chi connectivity index (χ0v) is 19.7. The largest absolute Gasteiger partial charge is 0.495 e. The van der Waals surface area contributed by atoms with Crippen LogP contribution in [0, 0.1) is 6.92 Å². The molecule has 0 aliphatic rings. The summed E-state index contributed by atoms with van der Waals surface area (Å²) in [6, 6.07) is 11.2. The van der Waals surface area contributed by atoms with Gasteiger partial charge in [0, 0.05) is 25.6 Å². The van der Waals surface area contributed by atoms with Crippen LogP contribution in [-0.2, 0) is 14.8 Å². The molecule has 0 spiro atoms. The average Bonchev–Trinajstić information content (AvgIpc) is 3.25. The number of aryl methyl sites for hydroxylation is 1. The summed E-state index contributed by atoms with van der Waals surface area (Å²) >= 11 is 0. The lowest BCUT2D eigenvalue weighted by Gasteiger charge is -2.19. The molecule has 3 rings (SSSR count). The highest BCUT2D eigenvalue weighted by Gasteiger charge is 2.23. The summed E-state index contributed by atoms with van der Waals surface area (Å²) < 4.78 is 42.7. The van der Waals surface area contributed by atoms with Crippen molar-refractivity contribution in [2.75, 3.05) is 32.1 Å². The molecule has 10 nitrogen and oxygen atoms in total. The van der Waals surface area contributed by atoms with E-state index in [1.807, 2.05) is 0 Å². The van der Waals surface area contributed by atoms with Gasteiger partial charge < -0.3 is 19.3 Å². The molecule has 0 unspecified atom stereocenters. The Labute approximate surface area is 192 Å². The molecule has 0 aliphatic carbocycles. The van der Waals surface area contributed by atoms with E-state index < -0.39 is 15.9 Å². The molecule has 0 saturated heterocycles. The third-order valence-corrected chi connectivity index (χ3v) is 6.84. The van der Waals surface area contributed by atoms with E-state index in [1.165, 1.54) is 29.6 Å². The molecular formula is C22H26N4O6S. The highest BCUT2D eigenvalue weighted by atomic mass is 32.2. The van der Waals surface area contributed by atoms with Gasteiger partial charge in [-0.3, -0.25) is 4.79 Å². The zero-order valence-electron chi connectivity index (χ0n) is 18.9. The maximum Gasteiger partial charge on any atom is 0.262 e. The molecule has 11 heteroatoms. The van der Waals surface area contributed by atoms with Crippen molar-refractivity contribution < 1.29 is 27.2 Å². The van der Waals surface area contributed by atoms with E-state index in [-0.39, 0.29) is 17.2 Å². The first-order valence-corrected chi connectivity index (χ1v) is 11.7. The third-order valence-electron chi connectivity index (χ3n) is 4.80. The van der Waals surface area contributed by atoms with Crippen LogP contribution in [0.1, 0.15) is 19.7 Å². The topological polar surface area (TPSA) is 124 Å². The second-order valence-electron chi connectivity index (χ2n) is 6.95. The molecule has 1 heterocycles. The lowest BCUT2D eigenvalue weighted by atomic mass is 10.2. The number of carbonyl (C=O) groups is 1. The molecule has 1 N–H and O–H groups in total. The van der Waals surface area contributed by atoms with E-state index in [2.05, 4.69) is 15.5 Å². The summed E-state index contributed by atoms with van der Waals surface area (Å²) in [5.41, 5.74) is 0.988. The molecule has 0 radical (unpaired) electrons. The fourth-order valence-corrected chi connectivity index (χ4v) is 4.59. The Morgan fingerprint density at radius 3 is 2.39 bits per heavy atom. The molecule has 0 atom stereocenters. The number of hydrogen-bond acceptors (Lipinski definition) is 8. The van der Waals surface area contributed by atoms with Crippen molar-refractivity contribution in [2.24, 2.45) is 0 Å². The van der Waals surface area contributed by atoms with E-state index >= 15 is 0 Å². The van der Waals surface area contributed by atoms with Crippen LogP contribution in [0.5, 0.6) is 11.5 Å². The minimum atomic E-state index is -3.69. The number of nitrogens with one attached hydrogen (secondary N) is 1. The summed E-state index contributed by atoms with van der Waals surface area (Å²) in [5.74, 6) is 1.26. The maximum atomic E-state index is 12.8. The van der Waals surface area contributed by atoms with Crippen LogP contribution in [0.3, 0.4) is 0 Å². The Morgan fingerprint density at radius 2 is 1.82 bits per heavy atom. The average molecular weight is 475 g/mol. The molecule has 33 heavy (non-hydrogen) atoms. The number of ether oxygens (including phenoxy) is 2. The van der Waals surface area contributed by atoms with Gasteiger partial charge in [-0.15, -0.1) is 0 Å². The van der Waals surface area contributed by atoms with Gasteiger partial charge in [0.1, 0.15) is 11.5 Å². The first-order chi connectivity index (χ1) is 15.8. The van der Waals surface area contributed by atoms with Crippen molar-refractivity contribution >= 4 is 21.6 Å². The Balaban J connectivity index is 1.68. The van der Waals surface area contributed by atoms with Gasteiger partial charge in [-0.05, 0) is 42.5 Å². The van der Waals surface area contributed by atoms with E-state index in [4.69, 9.17) is 14.0 Å². The minimum absolute atomic E-state index is 0.0653. The minimum Gasteiger partial charge on any atom is -0.495 e. The number of aromatic nitrogens is 2. The fraction of sp³-hybridized carbons (Fsp3) is 0.318. The molecule has 0 saturated carbocycles. The standard InChI is InChI=1S/C22H26N4O6S/c1-5-26(6-2)33(28,29)18-11-12-20(30-4)19(13-18)24-21(27)14-31-17-9-7-16(8-10-17)22-23-15(3)32-25-22/h7-13H,5-6,14H2,1-4H3,(H,24,27). The summed E-state index contributed by atoms with van der Waals surface area (Å²) in [7, 11) is -2.25.